The van der Waals surface area contributed by atoms with E-state index in [0.717, 1.165) is 9.87 Å². The van der Waals surface area contributed by atoms with E-state index in [1.165, 1.54) is 36.4 Å². The van der Waals surface area contributed by atoms with Gasteiger partial charge in [0.25, 0.3) is 0 Å². The number of halogens is 2. The number of hydrogen-bond donors (Lipinski definition) is 2. The first-order chi connectivity index (χ1) is 16.4. The van der Waals surface area contributed by atoms with Gasteiger partial charge < -0.3 is 5.32 Å². The molecule has 35 heavy (non-hydrogen) atoms. The summed E-state index contributed by atoms with van der Waals surface area (Å²) in [5.74, 6) is -0.545. The van der Waals surface area contributed by atoms with Crippen LogP contribution in [0.4, 0.5) is 0 Å². The molecular weight excluding hydrogens is 533 g/mol. The third-order valence-corrected chi connectivity index (χ3v) is 8.54. The maximum Gasteiger partial charge on any atom is 0.243 e. The third kappa shape index (κ3) is 7.26. The van der Waals surface area contributed by atoms with E-state index in [-0.39, 0.29) is 27.9 Å². The van der Waals surface area contributed by atoms with Crippen molar-refractivity contribution in [1.29, 1.82) is 0 Å². The summed E-state index contributed by atoms with van der Waals surface area (Å²) in [5.41, 5.74) is 2.07. The van der Waals surface area contributed by atoms with E-state index < -0.39 is 32.5 Å². The summed E-state index contributed by atoms with van der Waals surface area (Å²) in [5, 5.41) is 8.34. The van der Waals surface area contributed by atoms with Crippen LogP contribution in [0.5, 0.6) is 0 Å². The Morgan fingerprint density at radius 3 is 2.00 bits per heavy atom. The monoisotopic (exact) mass is 555 g/mol. The maximum atomic E-state index is 13.4. The molecule has 0 radical (unpaired) electrons. The molecule has 0 aliphatic rings. The van der Waals surface area contributed by atoms with Crippen molar-refractivity contribution in [2.75, 3.05) is 6.54 Å². The fraction of sp³-hybridized carbons (Fsp3) is 0.174. The van der Waals surface area contributed by atoms with Crippen molar-refractivity contribution in [3.05, 3.63) is 93.5 Å². The molecule has 8 nitrogen and oxygen atoms in total. The zero-order valence-electron chi connectivity index (χ0n) is 18.6. The van der Waals surface area contributed by atoms with Crippen molar-refractivity contribution in [2.45, 2.75) is 29.8 Å². The lowest BCUT2D eigenvalue weighted by Crippen LogP contribution is -2.40. The predicted octanol–water partition coefficient (Wildman–Crippen LogP) is 3.46. The lowest BCUT2D eigenvalue weighted by atomic mass is 10.2. The lowest BCUT2D eigenvalue weighted by Gasteiger charge is -2.22. The molecule has 0 saturated carbocycles. The maximum absolute atomic E-state index is 13.4. The minimum Gasteiger partial charge on any atom is -0.351 e. The first kappa shape index (κ1) is 27.1. The summed E-state index contributed by atoms with van der Waals surface area (Å²) < 4.78 is 50.5. The molecule has 0 fully saturated rings. The van der Waals surface area contributed by atoms with E-state index in [1.807, 2.05) is 6.92 Å². The Hall–Kier alpha value is -2.47. The van der Waals surface area contributed by atoms with Gasteiger partial charge in [-0.05, 0) is 54.4 Å². The Bertz CT molecular complexity index is 1430. The van der Waals surface area contributed by atoms with Gasteiger partial charge in [-0.3, -0.25) is 4.79 Å². The predicted molar refractivity (Wildman–Crippen MR) is 135 cm³/mol. The van der Waals surface area contributed by atoms with Gasteiger partial charge >= 0.3 is 0 Å². The number of benzene rings is 3. The van der Waals surface area contributed by atoms with Crippen molar-refractivity contribution in [2.24, 2.45) is 5.14 Å². The standard InChI is InChI=1S/C23H23Cl2N3O5S2/c1-16-2-7-20(8-3-16)35(32,33)28(14-18-6-11-21(24)22(25)12-18)15-23(29)27-13-17-4-9-19(10-5-17)34(26,30)31/h2-12H,13-15H2,1H3,(H,27,29)(H2,26,30,31). The van der Waals surface area contributed by atoms with Gasteiger partial charge in [0.05, 0.1) is 26.4 Å². The highest BCUT2D eigenvalue weighted by molar-refractivity contribution is 7.89. The summed E-state index contributed by atoms with van der Waals surface area (Å²) in [4.78, 5) is 12.7. The van der Waals surface area contributed by atoms with Crippen LogP contribution in [-0.4, -0.2) is 33.6 Å². The topological polar surface area (TPSA) is 127 Å². The highest BCUT2D eigenvalue weighted by Gasteiger charge is 2.27. The highest BCUT2D eigenvalue weighted by Crippen LogP contribution is 2.25. The molecule has 0 bridgehead atoms. The first-order valence-corrected chi connectivity index (χ1v) is 14.0. The van der Waals surface area contributed by atoms with Gasteiger partial charge in [0.1, 0.15) is 0 Å². The van der Waals surface area contributed by atoms with Crippen molar-refractivity contribution < 1.29 is 21.6 Å². The van der Waals surface area contributed by atoms with Gasteiger partial charge in [-0.15, -0.1) is 0 Å². The van der Waals surface area contributed by atoms with Gasteiger partial charge in [-0.2, -0.15) is 4.31 Å². The quantitative estimate of drug-likeness (QED) is 0.418. The number of hydrogen-bond acceptors (Lipinski definition) is 5. The van der Waals surface area contributed by atoms with Crippen molar-refractivity contribution in [1.82, 2.24) is 9.62 Å². The van der Waals surface area contributed by atoms with Crippen LogP contribution in [0.15, 0.2) is 76.5 Å². The van der Waals surface area contributed by atoms with Crippen molar-refractivity contribution >= 4 is 49.2 Å². The molecule has 0 aromatic heterocycles. The van der Waals surface area contributed by atoms with E-state index in [9.17, 15) is 21.6 Å². The Balaban J connectivity index is 1.79. The molecule has 0 aliphatic carbocycles. The van der Waals surface area contributed by atoms with Gasteiger partial charge in [0, 0.05) is 13.1 Å². The van der Waals surface area contributed by atoms with Crippen molar-refractivity contribution in [3.63, 3.8) is 0 Å². The third-order valence-electron chi connectivity index (χ3n) is 5.06. The number of nitrogens with zero attached hydrogens (tertiary/aromatic N) is 1. The fourth-order valence-electron chi connectivity index (χ4n) is 3.14. The number of rotatable bonds is 9. The van der Waals surface area contributed by atoms with E-state index in [4.69, 9.17) is 28.3 Å². The molecule has 186 valence electrons. The van der Waals surface area contributed by atoms with Crippen LogP contribution in [0, 0.1) is 6.92 Å². The van der Waals surface area contributed by atoms with Crippen LogP contribution in [0.2, 0.25) is 10.0 Å². The molecule has 3 aromatic rings. The smallest absolute Gasteiger partial charge is 0.243 e. The van der Waals surface area contributed by atoms with Gasteiger partial charge in [-0.1, -0.05) is 59.1 Å². The number of aryl methyl sites for hydroxylation is 1. The molecular formula is C23H23Cl2N3O5S2. The number of amides is 1. The number of carbonyl (C=O) groups excluding carboxylic acids is 1. The zero-order chi connectivity index (χ0) is 25.8. The molecule has 0 spiro atoms. The SMILES string of the molecule is Cc1ccc(S(=O)(=O)N(CC(=O)NCc2ccc(S(N)(=O)=O)cc2)Cc2ccc(Cl)c(Cl)c2)cc1. The number of carbonyl (C=O) groups is 1. The molecule has 0 unspecified atom stereocenters. The summed E-state index contributed by atoms with van der Waals surface area (Å²) in [6.45, 7) is 1.34. The van der Waals surface area contributed by atoms with Gasteiger partial charge in [0.15, 0.2) is 0 Å². The summed E-state index contributed by atoms with van der Waals surface area (Å²) in [7, 11) is -7.85. The van der Waals surface area contributed by atoms with E-state index in [2.05, 4.69) is 5.32 Å². The van der Waals surface area contributed by atoms with E-state index in [0.29, 0.717) is 16.1 Å². The van der Waals surface area contributed by atoms with Crippen LogP contribution in [0.3, 0.4) is 0 Å². The molecule has 12 heteroatoms. The molecule has 0 aliphatic heterocycles. The Morgan fingerprint density at radius 1 is 0.857 bits per heavy atom. The second-order valence-corrected chi connectivity index (χ2v) is 12.1. The van der Waals surface area contributed by atoms with E-state index >= 15 is 0 Å². The second-order valence-electron chi connectivity index (χ2n) is 7.80. The van der Waals surface area contributed by atoms with Gasteiger partial charge in [-0.25, -0.2) is 22.0 Å². The number of sulfonamides is 2. The van der Waals surface area contributed by atoms with Crippen LogP contribution < -0.4 is 10.5 Å². The number of primary sulfonamides is 1. The van der Waals surface area contributed by atoms with Crippen LogP contribution >= 0.6 is 23.2 Å². The van der Waals surface area contributed by atoms with Crippen LogP contribution in [0.25, 0.3) is 0 Å². The molecule has 3 N–H and O–H groups in total. The molecule has 1 amide bonds. The van der Waals surface area contributed by atoms with Crippen LogP contribution in [-0.2, 0) is 37.9 Å². The molecule has 0 saturated heterocycles. The molecule has 3 aromatic carbocycles. The fourth-order valence-corrected chi connectivity index (χ4v) is 5.36. The second kappa shape index (κ2) is 11.1. The van der Waals surface area contributed by atoms with E-state index in [1.54, 1.807) is 30.3 Å². The summed E-state index contributed by atoms with van der Waals surface area (Å²) in [6.07, 6.45) is 0. The Kier molecular flexibility index (Phi) is 8.58. The van der Waals surface area contributed by atoms with Crippen LogP contribution in [0.1, 0.15) is 16.7 Å². The normalized spacial score (nSPS) is 12.0. The average Bonchev–Trinajstić information content (AvgIpc) is 2.79. The minimum atomic E-state index is -4.02. The number of nitrogens with one attached hydrogen (secondary N) is 1. The zero-order valence-corrected chi connectivity index (χ0v) is 21.8. The summed E-state index contributed by atoms with van der Waals surface area (Å²) >= 11 is 12.1. The highest BCUT2D eigenvalue weighted by atomic mass is 35.5. The molecule has 0 atom stereocenters. The largest absolute Gasteiger partial charge is 0.351 e. The summed E-state index contributed by atoms with van der Waals surface area (Å²) in [6, 6.07) is 16.7. The molecule has 3 rings (SSSR count). The molecule has 0 heterocycles. The Labute approximate surface area is 214 Å². The van der Waals surface area contributed by atoms with Crippen molar-refractivity contribution in [3.8, 4) is 0 Å². The lowest BCUT2D eigenvalue weighted by molar-refractivity contribution is -0.121. The minimum absolute atomic E-state index is 0.0505. The average molecular weight is 556 g/mol. The number of nitrogens with two attached hydrogens (primary N) is 1. The Morgan fingerprint density at radius 2 is 1.43 bits per heavy atom. The van der Waals surface area contributed by atoms with Gasteiger partial charge in [0.2, 0.25) is 26.0 Å². The first-order valence-electron chi connectivity index (χ1n) is 10.3.